The number of carbonyl (C=O) groups excluding carboxylic acids is 3. The molecular formula is C31H41N3O9. The van der Waals surface area contributed by atoms with Crippen molar-refractivity contribution in [1.82, 2.24) is 15.7 Å². The molecule has 2 rings (SSSR count). The van der Waals surface area contributed by atoms with Crippen LogP contribution in [0.4, 0.5) is 0 Å². The first-order chi connectivity index (χ1) is 20.5. The SMILES string of the molecule is CCCCCN(Cc1ccc(O[C@H](C(=O)O)c2ccccc2)cc1)C(=O)C(CC(=O)O)NC(=O)C(CC(C)C)C(=O)NO. The van der Waals surface area contributed by atoms with E-state index in [-0.39, 0.29) is 18.9 Å². The highest BCUT2D eigenvalue weighted by Gasteiger charge is 2.34. The summed E-state index contributed by atoms with van der Waals surface area (Å²) in [4.78, 5) is 63.7. The number of carboxylic acids is 2. The van der Waals surface area contributed by atoms with Gasteiger partial charge < -0.3 is 25.2 Å². The molecule has 3 atom stereocenters. The molecule has 0 aliphatic heterocycles. The molecule has 0 saturated carbocycles. The van der Waals surface area contributed by atoms with E-state index in [1.807, 2.05) is 6.92 Å². The number of aliphatic carboxylic acids is 2. The van der Waals surface area contributed by atoms with Crippen molar-refractivity contribution in [1.29, 1.82) is 0 Å². The summed E-state index contributed by atoms with van der Waals surface area (Å²) in [5.41, 5.74) is 2.61. The molecule has 5 N–H and O–H groups in total. The number of amides is 3. The molecule has 2 aromatic carbocycles. The largest absolute Gasteiger partial charge is 0.481 e. The Kier molecular flexibility index (Phi) is 14.1. The molecule has 0 aromatic heterocycles. The molecule has 12 heteroatoms. The van der Waals surface area contributed by atoms with Crippen molar-refractivity contribution in [3.05, 3.63) is 65.7 Å². The summed E-state index contributed by atoms with van der Waals surface area (Å²) in [5.74, 6) is -6.02. The van der Waals surface area contributed by atoms with Gasteiger partial charge in [0.05, 0.1) is 6.42 Å². The number of rotatable bonds is 18. The number of ether oxygens (including phenoxy) is 1. The molecule has 0 bridgehead atoms. The fourth-order valence-corrected chi connectivity index (χ4v) is 4.49. The van der Waals surface area contributed by atoms with Crippen molar-refractivity contribution in [2.24, 2.45) is 11.8 Å². The molecule has 0 fully saturated rings. The fourth-order valence-electron chi connectivity index (χ4n) is 4.49. The van der Waals surface area contributed by atoms with Gasteiger partial charge in [0.2, 0.25) is 17.9 Å². The summed E-state index contributed by atoms with van der Waals surface area (Å²) in [6.45, 7) is 5.93. The first-order valence-corrected chi connectivity index (χ1v) is 14.2. The number of nitrogens with zero attached hydrogens (tertiary/aromatic N) is 1. The molecule has 0 aliphatic rings. The Labute approximate surface area is 251 Å². The van der Waals surface area contributed by atoms with Crippen LogP contribution >= 0.6 is 0 Å². The van der Waals surface area contributed by atoms with Gasteiger partial charge in [0, 0.05) is 18.7 Å². The van der Waals surface area contributed by atoms with Gasteiger partial charge in [-0.15, -0.1) is 0 Å². The molecule has 234 valence electrons. The summed E-state index contributed by atoms with van der Waals surface area (Å²) in [6.07, 6.45) is 0.489. The summed E-state index contributed by atoms with van der Waals surface area (Å²) >= 11 is 0. The molecule has 0 heterocycles. The van der Waals surface area contributed by atoms with Gasteiger partial charge in [0.25, 0.3) is 5.91 Å². The van der Waals surface area contributed by atoms with E-state index in [0.29, 0.717) is 29.8 Å². The molecule has 0 aliphatic carbocycles. The van der Waals surface area contributed by atoms with E-state index in [4.69, 9.17) is 9.94 Å². The minimum Gasteiger partial charge on any atom is -0.481 e. The van der Waals surface area contributed by atoms with Gasteiger partial charge in [-0.05, 0) is 36.5 Å². The molecular weight excluding hydrogens is 558 g/mol. The standard InChI is InChI=1S/C31H41N3O9/c1-4-5-9-16-34(30(39)25(18-26(35)36)32-28(37)24(17-20(2)3)29(38)33-42)19-21-12-14-23(15-13-21)43-27(31(40)41)22-10-7-6-8-11-22/h6-8,10-15,20,24-25,27,42H,4-5,9,16-19H2,1-3H3,(H,32,37)(H,33,38)(H,35,36)(H,40,41)/t24?,25?,27-/m0/s1. The van der Waals surface area contributed by atoms with Crippen molar-refractivity contribution in [3.8, 4) is 5.75 Å². The average molecular weight is 600 g/mol. The van der Waals surface area contributed by atoms with Gasteiger partial charge in [-0.25, -0.2) is 10.3 Å². The van der Waals surface area contributed by atoms with Crippen LogP contribution in [-0.2, 0) is 30.5 Å². The average Bonchev–Trinajstić information content (AvgIpc) is 2.97. The third-order valence-corrected chi connectivity index (χ3v) is 6.66. The van der Waals surface area contributed by atoms with Crippen LogP contribution in [0.15, 0.2) is 54.6 Å². The molecule has 2 aromatic rings. The highest BCUT2D eigenvalue weighted by atomic mass is 16.5. The van der Waals surface area contributed by atoms with Crippen LogP contribution in [0.5, 0.6) is 5.75 Å². The zero-order chi connectivity index (χ0) is 31.9. The second kappa shape index (κ2) is 17.5. The third kappa shape index (κ3) is 11.4. The first kappa shape index (κ1) is 34.7. The van der Waals surface area contributed by atoms with Crippen LogP contribution in [0.2, 0.25) is 0 Å². The van der Waals surface area contributed by atoms with Crippen molar-refractivity contribution >= 4 is 29.7 Å². The Hall–Kier alpha value is -4.45. The molecule has 0 radical (unpaired) electrons. The second-order valence-corrected chi connectivity index (χ2v) is 10.7. The van der Waals surface area contributed by atoms with Crippen LogP contribution in [0.3, 0.4) is 0 Å². The lowest BCUT2D eigenvalue weighted by Crippen LogP contribution is -2.52. The van der Waals surface area contributed by atoms with Gasteiger partial charge in [-0.2, -0.15) is 0 Å². The van der Waals surface area contributed by atoms with Gasteiger partial charge in [-0.1, -0.05) is 76.1 Å². The van der Waals surface area contributed by atoms with E-state index in [9.17, 15) is 34.2 Å². The smallest absolute Gasteiger partial charge is 0.349 e. The van der Waals surface area contributed by atoms with E-state index >= 15 is 0 Å². The maximum atomic E-state index is 13.6. The van der Waals surface area contributed by atoms with Crippen molar-refractivity contribution in [2.45, 2.75) is 71.6 Å². The van der Waals surface area contributed by atoms with E-state index in [1.54, 1.807) is 68.4 Å². The predicted molar refractivity (Wildman–Crippen MR) is 156 cm³/mol. The quantitative estimate of drug-likeness (QED) is 0.0740. The number of carboxylic acid groups (broad SMARTS) is 2. The van der Waals surface area contributed by atoms with Crippen molar-refractivity contribution < 1.29 is 44.1 Å². The highest BCUT2D eigenvalue weighted by molar-refractivity contribution is 6.01. The van der Waals surface area contributed by atoms with Crippen LogP contribution < -0.4 is 15.5 Å². The summed E-state index contributed by atoms with van der Waals surface area (Å²) in [6, 6.07) is 13.6. The van der Waals surface area contributed by atoms with Gasteiger partial charge >= 0.3 is 11.9 Å². The van der Waals surface area contributed by atoms with Crippen LogP contribution in [0, 0.1) is 11.8 Å². The maximum absolute atomic E-state index is 13.6. The number of unbranched alkanes of at least 4 members (excludes halogenated alkanes) is 2. The van der Waals surface area contributed by atoms with E-state index in [1.165, 1.54) is 10.4 Å². The maximum Gasteiger partial charge on any atom is 0.349 e. The number of benzene rings is 2. The Morgan fingerprint density at radius 3 is 2.09 bits per heavy atom. The number of nitrogens with one attached hydrogen (secondary N) is 2. The van der Waals surface area contributed by atoms with Crippen molar-refractivity contribution in [2.75, 3.05) is 6.54 Å². The lowest BCUT2D eigenvalue weighted by Gasteiger charge is -2.28. The summed E-state index contributed by atoms with van der Waals surface area (Å²) in [7, 11) is 0. The molecule has 0 saturated heterocycles. The highest BCUT2D eigenvalue weighted by Crippen LogP contribution is 2.23. The van der Waals surface area contributed by atoms with E-state index in [0.717, 1.165) is 12.8 Å². The number of carbonyl (C=O) groups is 5. The second-order valence-electron chi connectivity index (χ2n) is 10.7. The predicted octanol–water partition coefficient (Wildman–Crippen LogP) is 3.54. The fraction of sp³-hybridized carbons (Fsp3) is 0.452. The first-order valence-electron chi connectivity index (χ1n) is 14.2. The number of hydrogen-bond acceptors (Lipinski definition) is 7. The van der Waals surface area contributed by atoms with Crippen LogP contribution in [-0.4, -0.2) is 62.6 Å². The summed E-state index contributed by atoms with van der Waals surface area (Å²) in [5, 5.41) is 30.7. The van der Waals surface area contributed by atoms with Gasteiger partial charge in [-0.3, -0.25) is 24.4 Å². The van der Waals surface area contributed by atoms with Crippen molar-refractivity contribution in [3.63, 3.8) is 0 Å². The topological polar surface area (TPSA) is 183 Å². The summed E-state index contributed by atoms with van der Waals surface area (Å²) < 4.78 is 5.71. The van der Waals surface area contributed by atoms with E-state index < -0.39 is 54.1 Å². The van der Waals surface area contributed by atoms with Crippen LogP contribution in [0.1, 0.15) is 70.1 Å². The molecule has 0 spiro atoms. The minimum absolute atomic E-state index is 0.0772. The lowest BCUT2D eigenvalue weighted by molar-refractivity contribution is -0.147. The molecule has 12 nitrogen and oxygen atoms in total. The number of hydrogen-bond donors (Lipinski definition) is 5. The Morgan fingerprint density at radius 2 is 1.56 bits per heavy atom. The zero-order valence-electron chi connectivity index (χ0n) is 24.7. The Bertz CT molecular complexity index is 1220. The Balaban J connectivity index is 2.26. The lowest BCUT2D eigenvalue weighted by atomic mass is 9.95. The Morgan fingerprint density at radius 1 is 0.907 bits per heavy atom. The molecule has 2 unspecified atom stereocenters. The van der Waals surface area contributed by atoms with Crippen LogP contribution in [0.25, 0.3) is 0 Å². The monoisotopic (exact) mass is 599 g/mol. The third-order valence-electron chi connectivity index (χ3n) is 6.66. The molecule has 3 amide bonds. The number of hydroxylamine groups is 1. The van der Waals surface area contributed by atoms with Gasteiger partial charge in [0.15, 0.2) is 0 Å². The zero-order valence-corrected chi connectivity index (χ0v) is 24.7. The molecule has 43 heavy (non-hydrogen) atoms. The minimum atomic E-state index is -1.45. The van der Waals surface area contributed by atoms with Gasteiger partial charge in [0.1, 0.15) is 17.7 Å². The van der Waals surface area contributed by atoms with E-state index in [2.05, 4.69) is 5.32 Å². The normalized spacial score (nSPS) is 13.0.